The Labute approximate surface area is 130 Å². The van der Waals surface area contributed by atoms with Crippen LogP contribution in [0.4, 0.5) is 4.79 Å². The molecule has 1 aliphatic heterocycles. The minimum atomic E-state index is -0.470. The summed E-state index contributed by atoms with van der Waals surface area (Å²) in [7, 11) is 1.51. The van der Waals surface area contributed by atoms with Crippen molar-refractivity contribution in [3.63, 3.8) is 0 Å². The molecule has 1 aromatic rings. The summed E-state index contributed by atoms with van der Waals surface area (Å²) in [6.45, 7) is 6.82. The van der Waals surface area contributed by atoms with Crippen LogP contribution in [-0.4, -0.2) is 52.9 Å². The van der Waals surface area contributed by atoms with Gasteiger partial charge in [-0.3, -0.25) is 0 Å². The lowest BCUT2D eigenvalue weighted by molar-refractivity contribution is 0.0122. The van der Waals surface area contributed by atoms with E-state index in [0.29, 0.717) is 19.0 Å². The Kier molecular flexibility index (Phi) is 5.05. The Morgan fingerprint density at radius 3 is 2.59 bits per heavy atom. The zero-order valence-electron chi connectivity index (χ0n) is 13.5. The molecule has 0 spiro atoms. The van der Waals surface area contributed by atoms with Gasteiger partial charge in [-0.1, -0.05) is 0 Å². The minimum Gasteiger partial charge on any atom is -0.474 e. The summed E-state index contributed by atoms with van der Waals surface area (Å²) in [5.74, 6) is 0.488. The van der Waals surface area contributed by atoms with Gasteiger partial charge in [-0.2, -0.15) is 4.98 Å². The average molecular weight is 309 g/mol. The van der Waals surface area contributed by atoms with Gasteiger partial charge in [0.15, 0.2) is 0 Å². The minimum absolute atomic E-state index is 0.0262. The SMILES string of the molecule is COc1nccc(OC2CCN(C(=O)OC(C)(C)C)CC2)n1. The lowest BCUT2D eigenvalue weighted by Gasteiger charge is -2.33. The Morgan fingerprint density at radius 1 is 1.32 bits per heavy atom. The molecule has 1 saturated heterocycles. The summed E-state index contributed by atoms with van der Waals surface area (Å²) < 4.78 is 16.2. The molecular formula is C15H23N3O4. The van der Waals surface area contributed by atoms with E-state index in [1.54, 1.807) is 17.2 Å². The maximum absolute atomic E-state index is 12.0. The smallest absolute Gasteiger partial charge is 0.410 e. The van der Waals surface area contributed by atoms with Crippen LogP contribution in [0.1, 0.15) is 33.6 Å². The third-order valence-corrected chi connectivity index (χ3v) is 3.17. The molecule has 0 atom stereocenters. The molecule has 1 aliphatic rings. The van der Waals surface area contributed by atoms with Crippen molar-refractivity contribution >= 4 is 6.09 Å². The van der Waals surface area contributed by atoms with Crippen LogP contribution in [-0.2, 0) is 4.74 Å². The van der Waals surface area contributed by atoms with E-state index in [0.717, 1.165) is 12.8 Å². The lowest BCUT2D eigenvalue weighted by atomic mass is 10.1. The second-order valence-corrected chi connectivity index (χ2v) is 6.17. The standard InChI is InChI=1S/C15H23N3O4/c1-15(2,3)22-14(19)18-9-6-11(7-10-18)21-12-5-8-16-13(17-12)20-4/h5,8,11H,6-7,9-10H2,1-4H3. The quantitative estimate of drug-likeness (QED) is 0.852. The highest BCUT2D eigenvalue weighted by Gasteiger charge is 2.27. The second kappa shape index (κ2) is 6.81. The number of carbonyl (C=O) groups excluding carboxylic acids is 1. The van der Waals surface area contributed by atoms with Crippen molar-refractivity contribution < 1.29 is 19.0 Å². The molecule has 0 saturated carbocycles. The highest BCUT2D eigenvalue weighted by atomic mass is 16.6. The van der Waals surface area contributed by atoms with Gasteiger partial charge in [-0.15, -0.1) is 0 Å². The third-order valence-electron chi connectivity index (χ3n) is 3.17. The molecule has 0 bridgehead atoms. The van der Waals surface area contributed by atoms with Gasteiger partial charge >= 0.3 is 12.1 Å². The molecule has 1 fully saturated rings. The number of hydrogen-bond donors (Lipinski definition) is 0. The van der Waals surface area contributed by atoms with Crippen molar-refractivity contribution in [3.05, 3.63) is 12.3 Å². The molecule has 7 nitrogen and oxygen atoms in total. The Morgan fingerprint density at radius 2 is 2.00 bits per heavy atom. The number of hydrogen-bond acceptors (Lipinski definition) is 6. The predicted octanol–water partition coefficient (Wildman–Crippen LogP) is 2.26. The number of likely N-dealkylation sites (tertiary alicyclic amines) is 1. The summed E-state index contributed by atoms with van der Waals surface area (Å²) in [6, 6.07) is 1.98. The van der Waals surface area contributed by atoms with Gasteiger partial charge in [-0.25, -0.2) is 9.78 Å². The molecule has 0 radical (unpaired) electrons. The topological polar surface area (TPSA) is 73.8 Å². The first-order valence-corrected chi connectivity index (χ1v) is 7.39. The number of carbonyl (C=O) groups is 1. The number of aromatic nitrogens is 2. The molecule has 7 heteroatoms. The fourth-order valence-electron chi connectivity index (χ4n) is 2.14. The van der Waals surface area contributed by atoms with E-state index in [1.807, 2.05) is 20.8 Å². The molecule has 1 amide bonds. The van der Waals surface area contributed by atoms with Gasteiger partial charge in [0.05, 0.1) is 7.11 Å². The van der Waals surface area contributed by atoms with E-state index in [2.05, 4.69) is 9.97 Å². The van der Waals surface area contributed by atoms with Gasteiger partial charge in [0.2, 0.25) is 5.88 Å². The van der Waals surface area contributed by atoms with Gasteiger partial charge in [0, 0.05) is 38.2 Å². The molecule has 0 aliphatic carbocycles. The predicted molar refractivity (Wildman–Crippen MR) is 80.0 cm³/mol. The number of ether oxygens (including phenoxy) is 3. The molecule has 22 heavy (non-hydrogen) atoms. The number of nitrogens with zero attached hydrogens (tertiary/aromatic N) is 3. The Bertz CT molecular complexity index is 508. The molecule has 1 aromatic heterocycles. The maximum atomic E-state index is 12.0. The van der Waals surface area contributed by atoms with E-state index < -0.39 is 5.60 Å². The molecule has 122 valence electrons. The lowest BCUT2D eigenvalue weighted by Crippen LogP contribution is -2.44. The average Bonchev–Trinajstić information content (AvgIpc) is 2.46. The maximum Gasteiger partial charge on any atom is 0.410 e. The molecule has 0 N–H and O–H groups in total. The van der Waals surface area contributed by atoms with E-state index in [9.17, 15) is 4.79 Å². The summed E-state index contributed by atoms with van der Waals surface area (Å²) in [6.07, 6.45) is 2.83. The third kappa shape index (κ3) is 4.75. The summed E-state index contributed by atoms with van der Waals surface area (Å²) in [4.78, 5) is 21.8. The summed E-state index contributed by atoms with van der Waals surface area (Å²) in [5.41, 5.74) is -0.470. The van der Waals surface area contributed by atoms with Crippen LogP contribution < -0.4 is 9.47 Å². The van der Waals surface area contributed by atoms with E-state index in [-0.39, 0.29) is 18.2 Å². The van der Waals surface area contributed by atoms with Gasteiger partial charge in [-0.05, 0) is 20.8 Å². The zero-order valence-corrected chi connectivity index (χ0v) is 13.5. The zero-order chi connectivity index (χ0) is 16.2. The van der Waals surface area contributed by atoms with Gasteiger partial charge in [0.25, 0.3) is 0 Å². The summed E-state index contributed by atoms with van der Waals surface area (Å²) in [5, 5.41) is 0. The van der Waals surface area contributed by atoms with E-state index >= 15 is 0 Å². The fourth-order valence-corrected chi connectivity index (χ4v) is 2.14. The fraction of sp³-hybridized carbons (Fsp3) is 0.667. The highest BCUT2D eigenvalue weighted by molar-refractivity contribution is 5.68. The van der Waals surface area contributed by atoms with Crippen LogP contribution in [0, 0.1) is 0 Å². The molecule has 0 aromatic carbocycles. The monoisotopic (exact) mass is 309 g/mol. The number of rotatable bonds is 3. The van der Waals surface area contributed by atoms with E-state index in [1.165, 1.54) is 7.11 Å². The second-order valence-electron chi connectivity index (χ2n) is 6.17. The van der Waals surface area contributed by atoms with Crippen molar-refractivity contribution in [2.75, 3.05) is 20.2 Å². The van der Waals surface area contributed by atoms with Crippen LogP contribution in [0.15, 0.2) is 12.3 Å². The van der Waals surface area contributed by atoms with Crippen molar-refractivity contribution in [1.82, 2.24) is 14.9 Å². The Hall–Kier alpha value is -2.05. The molecular weight excluding hydrogens is 286 g/mol. The normalized spacial score (nSPS) is 16.3. The Balaban J connectivity index is 1.83. The van der Waals surface area contributed by atoms with Crippen LogP contribution in [0.25, 0.3) is 0 Å². The highest BCUT2D eigenvalue weighted by Crippen LogP contribution is 2.20. The van der Waals surface area contributed by atoms with Crippen LogP contribution in [0.5, 0.6) is 11.9 Å². The van der Waals surface area contributed by atoms with Crippen LogP contribution >= 0.6 is 0 Å². The first kappa shape index (κ1) is 16.3. The number of amides is 1. The molecule has 0 unspecified atom stereocenters. The molecule has 2 heterocycles. The first-order valence-electron chi connectivity index (χ1n) is 7.39. The largest absolute Gasteiger partial charge is 0.474 e. The first-order chi connectivity index (χ1) is 10.4. The number of piperidine rings is 1. The molecule has 2 rings (SSSR count). The van der Waals surface area contributed by atoms with Crippen molar-refractivity contribution in [2.24, 2.45) is 0 Å². The van der Waals surface area contributed by atoms with Gasteiger partial charge < -0.3 is 19.1 Å². The van der Waals surface area contributed by atoms with Crippen molar-refractivity contribution in [1.29, 1.82) is 0 Å². The summed E-state index contributed by atoms with van der Waals surface area (Å²) >= 11 is 0. The van der Waals surface area contributed by atoms with Crippen LogP contribution in [0.2, 0.25) is 0 Å². The van der Waals surface area contributed by atoms with Crippen LogP contribution in [0.3, 0.4) is 0 Å². The number of methoxy groups -OCH3 is 1. The van der Waals surface area contributed by atoms with Gasteiger partial charge in [0.1, 0.15) is 11.7 Å². The van der Waals surface area contributed by atoms with E-state index in [4.69, 9.17) is 14.2 Å². The van der Waals surface area contributed by atoms with Crippen molar-refractivity contribution in [2.45, 2.75) is 45.3 Å². The van der Waals surface area contributed by atoms with Crippen molar-refractivity contribution in [3.8, 4) is 11.9 Å².